The highest BCUT2D eigenvalue weighted by Crippen LogP contribution is 2.32. The van der Waals surface area contributed by atoms with E-state index >= 15 is 0 Å². The first-order chi connectivity index (χ1) is 14.9. The van der Waals surface area contributed by atoms with Gasteiger partial charge in [0.05, 0.1) is 18.4 Å². The van der Waals surface area contributed by atoms with Crippen molar-refractivity contribution in [1.82, 2.24) is 20.0 Å². The van der Waals surface area contributed by atoms with Crippen molar-refractivity contribution in [2.75, 3.05) is 12.4 Å². The van der Waals surface area contributed by atoms with E-state index in [1.165, 1.54) is 24.1 Å². The van der Waals surface area contributed by atoms with Gasteiger partial charge in [-0.2, -0.15) is 10.2 Å². The van der Waals surface area contributed by atoms with E-state index in [1.54, 1.807) is 31.3 Å². The Hall–Kier alpha value is -3.72. The molecule has 0 spiro atoms. The highest BCUT2D eigenvalue weighted by Gasteiger charge is 2.21. The number of nitrogens with zero attached hydrogens (tertiary/aromatic N) is 3. The van der Waals surface area contributed by atoms with Crippen molar-refractivity contribution in [3.05, 3.63) is 70.9 Å². The van der Waals surface area contributed by atoms with Crippen LogP contribution in [0.25, 0.3) is 22.5 Å². The van der Waals surface area contributed by atoms with Crippen LogP contribution in [0.2, 0.25) is 5.02 Å². The van der Waals surface area contributed by atoms with Gasteiger partial charge in [-0.05, 0) is 30.3 Å². The summed E-state index contributed by atoms with van der Waals surface area (Å²) in [7, 11) is 3.13. The molecule has 2 N–H and O–H groups in total. The van der Waals surface area contributed by atoms with E-state index in [-0.39, 0.29) is 22.6 Å². The first-order valence-electron chi connectivity index (χ1n) is 9.05. The molecular formula is C21H16ClF2N5O2. The van der Waals surface area contributed by atoms with E-state index in [1.807, 2.05) is 0 Å². The predicted octanol–water partition coefficient (Wildman–Crippen LogP) is 4.67. The number of carbonyl (C=O) groups is 1. The largest absolute Gasteiger partial charge is 0.496 e. The van der Waals surface area contributed by atoms with E-state index in [4.69, 9.17) is 16.3 Å². The lowest BCUT2D eigenvalue weighted by atomic mass is 10.1. The number of hydrogen-bond acceptors (Lipinski definition) is 4. The maximum absolute atomic E-state index is 14.2. The summed E-state index contributed by atoms with van der Waals surface area (Å²) in [5.41, 5.74) is 1.45. The van der Waals surface area contributed by atoms with Crippen molar-refractivity contribution in [2.45, 2.75) is 0 Å². The van der Waals surface area contributed by atoms with Gasteiger partial charge in [0, 0.05) is 41.5 Å². The number of methoxy groups -OCH3 is 1. The maximum Gasteiger partial charge on any atom is 0.260 e. The summed E-state index contributed by atoms with van der Waals surface area (Å²) < 4.78 is 34.2. The number of aromatic amines is 1. The van der Waals surface area contributed by atoms with E-state index in [0.717, 1.165) is 12.1 Å². The number of hydrogen-bond donors (Lipinski definition) is 2. The van der Waals surface area contributed by atoms with Crippen molar-refractivity contribution in [3.63, 3.8) is 0 Å². The van der Waals surface area contributed by atoms with Crippen LogP contribution in [-0.4, -0.2) is 33.0 Å². The lowest BCUT2D eigenvalue weighted by molar-refractivity contribution is 0.102. The zero-order valence-corrected chi connectivity index (χ0v) is 17.2. The lowest BCUT2D eigenvalue weighted by Gasteiger charge is -2.06. The molecule has 7 nitrogen and oxygen atoms in total. The standard InChI is InChI=1S/C21H16ClF2N5O2/c1-29-10-15(20(28-29)13-5-4-12(23)8-16(13)24)21(30)25-19-9-17(26-27-19)14-7-11(22)3-6-18(14)31-2/h3-10H,1-2H3,(H2,25,26,27,30). The van der Waals surface area contributed by atoms with Crippen LogP contribution in [-0.2, 0) is 7.05 Å². The van der Waals surface area contributed by atoms with Gasteiger partial charge in [-0.25, -0.2) is 8.78 Å². The van der Waals surface area contributed by atoms with Crippen LogP contribution in [0.15, 0.2) is 48.7 Å². The summed E-state index contributed by atoms with van der Waals surface area (Å²) in [4.78, 5) is 12.9. The molecule has 0 saturated carbocycles. The summed E-state index contributed by atoms with van der Waals surface area (Å²) in [5.74, 6) is -1.28. The third-order valence-electron chi connectivity index (χ3n) is 4.53. The van der Waals surface area contributed by atoms with Crippen LogP contribution in [0, 0.1) is 11.6 Å². The van der Waals surface area contributed by atoms with Gasteiger partial charge >= 0.3 is 0 Å². The molecule has 2 aromatic heterocycles. The molecule has 0 bridgehead atoms. The Balaban J connectivity index is 1.63. The Morgan fingerprint density at radius 3 is 2.71 bits per heavy atom. The zero-order valence-electron chi connectivity index (χ0n) is 16.4. The molecule has 0 radical (unpaired) electrons. The summed E-state index contributed by atoms with van der Waals surface area (Å²) in [5, 5.41) is 14.2. The van der Waals surface area contributed by atoms with Gasteiger partial charge in [-0.15, -0.1) is 0 Å². The quantitative estimate of drug-likeness (QED) is 0.469. The van der Waals surface area contributed by atoms with Gasteiger partial charge in [0.15, 0.2) is 5.82 Å². The van der Waals surface area contributed by atoms with Crippen molar-refractivity contribution in [1.29, 1.82) is 0 Å². The van der Waals surface area contributed by atoms with Gasteiger partial charge in [0.1, 0.15) is 23.1 Å². The summed E-state index contributed by atoms with van der Waals surface area (Å²) >= 11 is 6.07. The number of H-pyrrole nitrogens is 1. The Bertz CT molecular complexity index is 1280. The molecule has 0 fully saturated rings. The number of halogens is 3. The van der Waals surface area contributed by atoms with Crippen molar-refractivity contribution in [2.24, 2.45) is 7.05 Å². The Kier molecular flexibility index (Phi) is 5.43. The van der Waals surface area contributed by atoms with Crippen LogP contribution in [0.3, 0.4) is 0 Å². The van der Waals surface area contributed by atoms with Crippen LogP contribution < -0.4 is 10.1 Å². The van der Waals surface area contributed by atoms with Crippen LogP contribution in [0.1, 0.15) is 10.4 Å². The predicted molar refractivity (Wildman–Crippen MR) is 112 cm³/mol. The number of benzene rings is 2. The first kappa shape index (κ1) is 20.5. The Morgan fingerprint density at radius 2 is 1.97 bits per heavy atom. The summed E-state index contributed by atoms with van der Waals surface area (Å²) in [6, 6.07) is 9.81. The minimum atomic E-state index is -0.817. The van der Waals surface area contributed by atoms with E-state index in [0.29, 0.717) is 22.0 Å². The number of anilines is 1. The number of ether oxygens (including phenoxy) is 1. The van der Waals surface area contributed by atoms with Crippen molar-refractivity contribution >= 4 is 23.3 Å². The Labute approximate surface area is 180 Å². The fraction of sp³-hybridized carbons (Fsp3) is 0.0952. The fourth-order valence-corrected chi connectivity index (χ4v) is 3.31. The average molecular weight is 444 g/mol. The fourth-order valence-electron chi connectivity index (χ4n) is 3.13. The molecule has 158 valence electrons. The minimum Gasteiger partial charge on any atom is -0.496 e. The average Bonchev–Trinajstić information content (AvgIpc) is 3.34. The molecule has 31 heavy (non-hydrogen) atoms. The zero-order chi connectivity index (χ0) is 22.1. The number of carbonyl (C=O) groups excluding carboxylic acids is 1. The molecule has 2 aromatic carbocycles. The highest BCUT2D eigenvalue weighted by atomic mass is 35.5. The van der Waals surface area contributed by atoms with Gasteiger partial charge in [0.25, 0.3) is 5.91 Å². The SMILES string of the molecule is COc1ccc(Cl)cc1-c1cc(NC(=O)c2cn(C)nc2-c2ccc(F)cc2F)n[nH]1. The second kappa shape index (κ2) is 8.19. The third kappa shape index (κ3) is 4.13. The van der Waals surface area contributed by atoms with Crippen molar-refractivity contribution in [3.8, 4) is 28.3 Å². The Morgan fingerprint density at radius 1 is 1.16 bits per heavy atom. The second-order valence-corrected chi connectivity index (χ2v) is 7.09. The van der Waals surface area contributed by atoms with Crippen LogP contribution in [0.5, 0.6) is 5.75 Å². The molecule has 0 atom stereocenters. The van der Waals surface area contributed by atoms with E-state index in [9.17, 15) is 13.6 Å². The molecule has 10 heteroatoms. The number of rotatable bonds is 5. The topological polar surface area (TPSA) is 84.8 Å². The monoisotopic (exact) mass is 443 g/mol. The number of nitrogens with one attached hydrogen (secondary N) is 2. The first-order valence-corrected chi connectivity index (χ1v) is 9.43. The van der Waals surface area contributed by atoms with Crippen LogP contribution >= 0.6 is 11.6 Å². The van der Waals surface area contributed by atoms with Gasteiger partial charge in [0.2, 0.25) is 0 Å². The molecule has 0 saturated heterocycles. The normalized spacial score (nSPS) is 10.9. The van der Waals surface area contributed by atoms with Gasteiger partial charge in [-0.3, -0.25) is 14.6 Å². The van der Waals surface area contributed by atoms with Gasteiger partial charge < -0.3 is 10.1 Å². The number of aryl methyl sites for hydroxylation is 1. The van der Waals surface area contributed by atoms with E-state index < -0.39 is 17.5 Å². The maximum atomic E-state index is 14.2. The molecule has 4 rings (SSSR count). The molecule has 0 unspecified atom stereocenters. The van der Waals surface area contributed by atoms with E-state index in [2.05, 4.69) is 20.6 Å². The summed E-state index contributed by atoms with van der Waals surface area (Å²) in [6.45, 7) is 0. The smallest absolute Gasteiger partial charge is 0.260 e. The molecule has 1 amide bonds. The number of amides is 1. The summed E-state index contributed by atoms with van der Waals surface area (Å²) in [6.07, 6.45) is 1.45. The van der Waals surface area contributed by atoms with Crippen LogP contribution in [0.4, 0.5) is 14.6 Å². The molecule has 0 aliphatic heterocycles. The lowest BCUT2D eigenvalue weighted by Crippen LogP contribution is -2.12. The number of aromatic nitrogens is 4. The minimum absolute atomic E-state index is 0.0125. The molecule has 4 aromatic rings. The highest BCUT2D eigenvalue weighted by molar-refractivity contribution is 6.31. The second-order valence-electron chi connectivity index (χ2n) is 6.65. The molecular weight excluding hydrogens is 428 g/mol. The molecule has 0 aliphatic carbocycles. The molecule has 2 heterocycles. The molecule has 0 aliphatic rings. The third-order valence-corrected chi connectivity index (χ3v) is 4.77. The van der Waals surface area contributed by atoms with Gasteiger partial charge in [-0.1, -0.05) is 11.6 Å². The van der Waals surface area contributed by atoms with Crippen molar-refractivity contribution < 1.29 is 18.3 Å².